The lowest BCUT2D eigenvalue weighted by Crippen LogP contribution is -2.62. The number of hydrogen-bond donors (Lipinski definition) is 3. The van der Waals surface area contributed by atoms with Crippen LogP contribution in [-0.4, -0.2) is 41.2 Å². The largest absolute Gasteiger partial charge is 0.485 e. The van der Waals surface area contributed by atoms with Gasteiger partial charge in [0.05, 0.1) is 17.6 Å². The van der Waals surface area contributed by atoms with Crippen molar-refractivity contribution in [2.24, 2.45) is 11.8 Å². The Morgan fingerprint density at radius 2 is 1.97 bits per heavy atom. The predicted octanol–water partition coefficient (Wildman–Crippen LogP) is 4.71. The number of thioether (sulfide) groups is 1. The highest BCUT2D eigenvalue weighted by molar-refractivity contribution is 7.99. The van der Waals surface area contributed by atoms with Crippen LogP contribution in [0, 0.1) is 11.8 Å². The van der Waals surface area contributed by atoms with Gasteiger partial charge in [0.1, 0.15) is 11.9 Å². The Morgan fingerprint density at radius 1 is 1.06 bits per heavy atom. The molecule has 0 aromatic rings. The second kappa shape index (κ2) is 8.83. The van der Waals surface area contributed by atoms with Crippen molar-refractivity contribution >= 4 is 11.8 Å². The molecule has 0 spiro atoms. The summed E-state index contributed by atoms with van der Waals surface area (Å²) in [6, 6.07) is 0.357. The second-order valence-electron chi connectivity index (χ2n) is 10.3. The van der Waals surface area contributed by atoms with Crippen molar-refractivity contribution in [1.82, 2.24) is 10.6 Å². The topological polar surface area (TPSA) is 53.5 Å². The molecule has 2 heterocycles. The summed E-state index contributed by atoms with van der Waals surface area (Å²) in [5.74, 6) is 1.91. The number of ether oxygens (including phenoxy) is 1. The van der Waals surface area contributed by atoms with Crippen LogP contribution in [0.4, 0.5) is 0 Å². The minimum Gasteiger partial charge on any atom is -0.485 e. The van der Waals surface area contributed by atoms with Gasteiger partial charge in [0.2, 0.25) is 0 Å². The number of aliphatic hydroxyl groups is 1. The number of fused-ring (bicyclic) bond motifs is 3. The van der Waals surface area contributed by atoms with E-state index in [0.717, 1.165) is 50.7 Å². The Labute approximate surface area is 196 Å². The third-order valence-electron chi connectivity index (χ3n) is 8.51. The van der Waals surface area contributed by atoms with Crippen LogP contribution in [0.5, 0.6) is 0 Å². The fourth-order valence-electron chi connectivity index (χ4n) is 6.81. The third-order valence-corrected chi connectivity index (χ3v) is 9.41. The first kappa shape index (κ1) is 21.3. The normalized spacial score (nSPS) is 41.1. The van der Waals surface area contributed by atoms with E-state index in [1.54, 1.807) is 5.57 Å². The van der Waals surface area contributed by atoms with Gasteiger partial charge in [0.15, 0.2) is 0 Å². The first-order valence-corrected chi connectivity index (χ1v) is 13.9. The zero-order chi connectivity index (χ0) is 21.7. The molecule has 0 amide bonds. The van der Waals surface area contributed by atoms with E-state index in [0.29, 0.717) is 23.3 Å². The zero-order valence-corrected chi connectivity index (χ0v) is 19.9. The van der Waals surface area contributed by atoms with Crippen molar-refractivity contribution in [1.29, 1.82) is 0 Å². The Kier molecular flexibility index (Phi) is 5.87. The minimum absolute atomic E-state index is 0.186. The summed E-state index contributed by atoms with van der Waals surface area (Å²) in [5, 5.41) is 18.8. The lowest BCUT2D eigenvalue weighted by molar-refractivity contribution is 0.0310. The Hall–Kier alpha value is -1.27. The van der Waals surface area contributed by atoms with Crippen LogP contribution in [0.25, 0.3) is 0 Å². The van der Waals surface area contributed by atoms with Crippen LogP contribution in [0.15, 0.2) is 58.4 Å². The van der Waals surface area contributed by atoms with Gasteiger partial charge in [0, 0.05) is 17.9 Å². The van der Waals surface area contributed by atoms with E-state index in [1.807, 2.05) is 11.8 Å². The molecule has 4 aliphatic carbocycles. The smallest absolute Gasteiger partial charge is 0.128 e. The molecule has 6 aliphatic rings. The molecule has 0 aromatic carbocycles. The molecule has 1 saturated carbocycles. The van der Waals surface area contributed by atoms with Crippen molar-refractivity contribution in [3.05, 3.63) is 58.4 Å². The first-order valence-electron chi connectivity index (χ1n) is 12.6. The van der Waals surface area contributed by atoms with Gasteiger partial charge in [-0.25, -0.2) is 0 Å². The van der Waals surface area contributed by atoms with Gasteiger partial charge in [-0.2, -0.15) is 0 Å². The monoisotopic (exact) mass is 452 g/mol. The third kappa shape index (κ3) is 3.75. The molecular formula is C27H36N2O2S. The van der Waals surface area contributed by atoms with E-state index < -0.39 is 0 Å². The highest BCUT2D eigenvalue weighted by Gasteiger charge is 2.42. The summed E-state index contributed by atoms with van der Waals surface area (Å²) >= 11 is 1.91. The SMILES string of the molecule is CSC1CC(C2=CC3=C(CC2)C2C4=C(C=CCC4)C=CC2O3)NC(C2CCCCC2O)N1. The van der Waals surface area contributed by atoms with Gasteiger partial charge >= 0.3 is 0 Å². The van der Waals surface area contributed by atoms with E-state index in [2.05, 4.69) is 47.3 Å². The predicted molar refractivity (Wildman–Crippen MR) is 131 cm³/mol. The molecule has 0 aromatic heterocycles. The van der Waals surface area contributed by atoms with Crippen LogP contribution in [0.1, 0.15) is 57.8 Å². The molecule has 172 valence electrons. The minimum atomic E-state index is -0.190. The molecule has 4 nitrogen and oxygen atoms in total. The average Bonchev–Trinajstić information content (AvgIpc) is 3.22. The molecule has 2 aliphatic heterocycles. The molecule has 5 heteroatoms. The Morgan fingerprint density at radius 3 is 2.84 bits per heavy atom. The summed E-state index contributed by atoms with van der Waals surface area (Å²) < 4.78 is 6.52. The van der Waals surface area contributed by atoms with E-state index in [-0.39, 0.29) is 18.4 Å². The van der Waals surface area contributed by atoms with Crippen molar-refractivity contribution in [3.63, 3.8) is 0 Å². The molecule has 6 rings (SSSR count). The summed E-state index contributed by atoms with van der Waals surface area (Å²) in [6.07, 6.45) is 24.0. The standard InChI is InChI=1S/C27H36N2O2S/c1-32-25-15-21(28-27(29-25)19-8-4-5-9-22(19)30)17-10-12-20-24(14-17)31-23-13-11-16-6-2-3-7-18(16)26(20)23/h2,6,11,13-14,19,21-23,25-30H,3-5,7-10,12,15H2,1H3. The lowest BCUT2D eigenvalue weighted by atomic mass is 9.74. The fourth-order valence-corrected chi connectivity index (χ4v) is 7.48. The van der Waals surface area contributed by atoms with Gasteiger partial charge in [0.25, 0.3) is 0 Å². The molecule has 2 fully saturated rings. The van der Waals surface area contributed by atoms with Crippen LogP contribution in [-0.2, 0) is 4.74 Å². The number of hydrogen-bond acceptors (Lipinski definition) is 5. The summed E-state index contributed by atoms with van der Waals surface area (Å²) in [5.41, 5.74) is 6.03. The highest BCUT2D eigenvalue weighted by atomic mass is 32.2. The van der Waals surface area contributed by atoms with Crippen LogP contribution >= 0.6 is 11.8 Å². The van der Waals surface area contributed by atoms with Gasteiger partial charge in [-0.3, -0.25) is 10.6 Å². The molecule has 32 heavy (non-hydrogen) atoms. The summed E-state index contributed by atoms with van der Waals surface area (Å²) in [7, 11) is 0. The first-order chi connectivity index (χ1) is 15.7. The van der Waals surface area contributed by atoms with Gasteiger partial charge in [-0.1, -0.05) is 36.6 Å². The molecule has 1 saturated heterocycles. The molecule has 0 bridgehead atoms. The van der Waals surface area contributed by atoms with Crippen LogP contribution in [0.3, 0.4) is 0 Å². The quantitative estimate of drug-likeness (QED) is 0.579. The maximum Gasteiger partial charge on any atom is 0.128 e. The number of aliphatic hydroxyl groups excluding tert-OH is 1. The van der Waals surface area contributed by atoms with Gasteiger partial charge < -0.3 is 9.84 Å². The lowest BCUT2D eigenvalue weighted by Gasteiger charge is -2.44. The van der Waals surface area contributed by atoms with Crippen LogP contribution < -0.4 is 10.6 Å². The molecule has 3 N–H and O–H groups in total. The summed E-state index contributed by atoms with van der Waals surface area (Å²) in [4.78, 5) is 0. The maximum atomic E-state index is 10.7. The van der Waals surface area contributed by atoms with Gasteiger partial charge in [-0.15, -0.1) is 11.8 Å². The molecule has 7 unspecified atom stereocenters. The van der Waals surface area contributed by atoms with E-state index in [1.165, 1.54) is 29.6 Å². The Balaban J connectivity index is 1.24. The van der Waals surface area contributed by atoms with Gasteiger partial charge in [-0.05, 0) is 80.1 Å². The number of nitrogens with one attached hydrogen (secondary N) is 2. The average molecular weight is 453 g/mol. The van der Waals surface area contributed by atoms with E-state index >= 15 is 0 Å². The van der Waals surface area contributed by atoms with E-state index in [9.17, 15) is 5.11 Å². The Bertz CT molecular complexity index is 917. The van der Waals surface area contributed by atoms with Crippen molar-refractivity contribution in [3.8, 4) is 0 Å². The van der Waals surface area contributed by atoms with Crippen LogP contribution in [0.2, 0.25) is 0 Å². The fraction of sp³-hybridized carbons (Fsp3) is 0.630. The highest BCUT2D eigenvalue weighted by Crippen LogP contribution is 2.48. The second-order valence-corrected chi connectivity index (χ2v) is 11.3. The molecule has 0 radical (unpaired) electrons. The zero-order valence-electron chi connectivity index (χ0n) is 19.1. The van der Waals surface area contributed by atoms with E-state index in [4.69, 9.17) is 4.74 Å². The summed E-state index contributed by atoms with van der Waals surface area (Å²) in [6.45, 7) is 0. The van der Waals surface area contributed by atoms with Crippen molar-refractivity contribution in [2.45, 2.75) is 87.6 Å². The molecular weight excluding hydrogens is 416 g/mol. The maximum absolute atomic E-state index is 10.7. The van der Waals surface area contributed by atoms with Crippen molar-refractivity contribution < 1.29 is 9.84 Å². The number of rotatable bonds is 3. The number of allylic oxidation sites excluding steroid dienone is 5. The molecule has 7 atom stereocenters. The van der Waals surface area contributed by atoms with Crippen molar-refractivity contribution in [2.75, 3.05) is 6.26 Å².